The van der Waals surface area contributed by atoms with Crippen molar-refractivity contribution in [3.8, 4) is 0 Å². The van der Waals surface area contributed by atoms with Crippen molar-refractivity contribution in [1.82, 2.24) is 0 Å². The molecule has 0 saturated heterocycles. The van der Waals surface area contributed by atoms with Gasteiger partial charge in [0.25, 0.3) is 0 Å². The molecule has 0 rings (SSSR count). The molecule has 0 aromatic rings. The van der Waals surface area contributed by atoms with E-state index >= 15 is 0 Å². The summed E-state index contributed by atoms with van der Waals surface area (Å²) < 4.78 is 31.6. The van der Waals surface area contributed by atoms with E-state index in [1.807, 2.05) is 0 Å². The molecule has 9 heteroatoms. The summed E-state index contributed by atoms with van der Waals surface area (Å²) in [6.45, 7) is 0. The predicted octanol–water partition coefficient (Wildman–Crippen LogP) is -3.64. The summed E-state index contributed by atoms with van der Waals surface area (Å²) in [4.78, 5) is 0. The van der Waals surface area contributed by atoms with Gasteiger partial charge in [-0.05, 0) is 0 Å². The summed E-state index contributed by atoms with van der Waals surface area (Å²) in [6.07, 6.45) is 0. The van der Waals surface area contributed by atoms with Crippen LogP contribution in [-0.2, 0) is 10.4 Å². The number of hydrogen-bond donors (Lipinski definition) is 2. The Morgan fingerprint density at radius 2 is 1.11 bits per heavy atom. The Balaban J connectivity index is -0.00000000533. The molecule has 6 N–H and O–H groups in total. The van der Waals surface area contributed by atoms with Crippen LogP contribution >= 0.6 is 0 Å². The molecule has 0 heterocycles. The van der Waals surface area contributed by atoms with Gasteiger partial charge in [0.2, 0.25) is 0 Å². The van der Waals surface area contributed by atoms with Gasteiger partial charge in [-0.15, -0.1) is 0 Å². The average molecular weight is 206 g/mol. The van der Waals surface area contributed by atoms with Crippen LogP contribution in [-0.4, -0.2) is 83.6 Å². The Bertz CT molecular complexity index is 104. The van der Waals surface area contributed by atoms with Crippen molar-refractivity contribution in [2.45, 2.75) is 0 Å². The van der Waals surface area contributed by atoms with Gasteiger partial charge in [-0.25, -0.2) is 0 Å². The minimum absolute atomic E-state index is 0. The number of rotatable bonds is 0. The van der Waals surface area contributed by atoms with Crippen molar-refractivity contribution in [3.05, 3.63) is 0 Å². The molecule has 0 aliphatic rings. The molecule has 58 valence electrons. The minimum atomic E-state index is -4.67. The van der Waals surface area contributed by atoms with E-state index in [1.54, 1.807) is 0 Å². The van der Waals surface area contributed by atoms with Crippen LogP contribution in [0.4, 0.5) is 0 Å². The third-order valence-electron chi connectivity index (χ3n) is 0. The summed E-state index contributed by atoms with van der Waals surface area (Å²) >= 11 is 0. The van der Waals surface area contributed by atoms with Crippen molar-refractivity contribution in [2.24, 2.45) is 0 Å². The summed E-state index contributed by atoms with van der Waals surface area (Å²) in [7, 11) is -4.67. The second kappa shape index (κ2) is 12.3. The Hall–Kier alpha value is 1.58. The van der Waals surface area contributed by atoms with Crippen LogP contribution in [0.25, 0.3) is 0 Å². The zero-order valence-electron chi connectivity index (χ0n) is 5.83. The molecule has 0 fully saturated rings. The van der Waals surface area contributed by atoms with Gasteiger partial charge in [0.15, 0.2) is 17.4 Å². The smallest absolute Gasteiger partial charge is 1.00 e. The number of hydrogen-bond acceptors (Lipinski definition) is 2. The quantitative estimate of drug-likeness (QED) is 0.312. The largest absolute Gasteiger partial charge is 2.00 e. The van der Waals surface area contributed by atoms with Gasteiger partial charge < -0.3 is 13.8 Å². The van der Waals surface area contributed by atoms with Gasteiger partial charge in [-0.1, -0.05) is 0 Å². The average Bonchev–Trinajstić information content (AvgIpc) is 0.722. The molecule has 0 aromatic heterocycles. The van der Waals surface area contributed by atoms with Crippen LogP contribution in [0, 0.1) is 0 Å². The van der Waals surface area contributed by atoms with Crippen molar-refractivity contribution in [2.75, 3.05) is 0 Å². The third kappa shape index (κ3) is 220. The van der Waals surface area contributed by atoms with E-state index in [4.69, 9.17) is 17.5 Å². The normalized spacial score (nSPS) is 6.44. The molecular weight excluding hydrogens is 195 g/mol. The van der Waals surface area contributed by atoms with E-state index in [0.717, 1.165) is 0 Å². The summed E-state index contributed by atoms with van der Waals surface area (Å²) in [6, 6.07) is 0. The topological polar surface area (TPSA) is 138 Å². The van der Waals surface area contributed by atoms with Crippen molar-refractivity contribution < 1.29 is 31.3 Å². The Morgan fingerprint density at radius 3 is 1.11 bits per heavy atom. The van der Waals surface area contributed by atoms with Gasteiger partial charge in [0.05, 0.1) is 0 Å². The molecule has 0 spiro atoms. The Kier molecular flexibility index (Phi) is 42.5. The molecule has 0 amide bonds. The SMILES string of the molecule is O.O.O=S(=O)(O)O.[AlH3].[Ca+2].[H-].[H-]. The van der Waals surface area contributed by atoms with Crippen LogP contribution in [0.2, 0.25) is 0 Å². The molecule has 0 aliphatic carbocycles. The van der Waals surface area contributed by atoms with E-state index in [9.17, 15) is 0 Å². The first-order valence-corrected chi connectivity index (χ1v) is 2.10. The third-order valence-corrected chi connectivity index (χ3v) is 0. The molecule has 6 nitrogen and oxygen atoms in total. The Morgan fingerprint density at radius 1 is 1.11 bits per heavy atom. The van der Waals surface area contributed by atoms with Crippen LogP contribution in [0.1, 0.15) is 2.85 Å². The van der Waals surface area contributed by atoms with E-state index in [2.05, 4.69) is 0 Å². The zero-order chi connectivity index (χ0) is 4.50. The maximum atomic E-state index is 8.74. The van der Waals surface area contributed by atoms with E-state index < -0.39 is 10.4 Å². The second-order valence-corrected chi connectivity index (χ2v) is 1.34. The molecule has 0 aliphatic heterocycles. The fraction of sp³-hybridized carbons (Fsp3) is 0. The monoisotopic (exact) mass is 206 g/mol. The first-order chi connectivity index (χ1) is 2.00. The van der Waals surface area contributed by atoms with Gasteiger partial charge in [-0.2, -0.15) is 8.42 Å². The fourth-order valence-electron chi connectivity index (χ4n) is 0. The first kappa shape index (κ1) is 31.2. The van der Waals surface area contributed by atoms with Crippen LogP contribution in [0.5, 0.6) is 0 Å². The molecule has 0 aromatic carbocycles. The van der Waals surface area contributed by atoms with E-state index in [1.165, 1.54) is 0 Å². The maximum absolute atomic E-state index is 8.74. The Labute approximate surface area is 95.9 Å². The predicted molar refractivity (Wildman–Crippen MR) is 39.3 cm³/mol. The van der Waals surface area contributed by atoms with Crippen molar-refractivity contribution in [1.29, 1.82) is 0 Å². The molecule has 0 bridgehead atoms. The van der Waals surface area contributed by atoms with E-state index in [-0.39, 0.29) is 68.9 Å². The first-order valence-electron chi connectivity index (χ1n) is 0.698. The zero-order valence-corrected chi connectivity index (χ0v) is 6.85. The van der Waals surface area contributed by atoms with Gasteiger partial charge in [-0.3, -0.25) is 9.11 Å². The van der Waals surface area contributed by atoms with Gasteiger partial charge in [0.1, 0.15) is 0 Å². The maximum Gasteiger partial charge on any atom is 2.00 e. The van der Waals surface area contributed by atoms with Crippen LogP contribution in [0.3, 0.4) is 0 Å². The van der Waals surface area contributed by atoms with Crippen LogP contribution < -0.4 is 0 Å². The summed E-state index contributed by atoms with van der Waals surface area (Å²) in [5.74, 6) is 0. The summed E-state index contributed by atoms with van der Waals surface area (Å²) in [5, 5.41) is 0. The van der Waals surface area contributed by atoms with Gasteiger partial charge in [0, 0.05) is 0 Å². The molecular formula is H11AlCaO6S. The van der Waals surface area contributed by atoms with E-state index in [0.29, 0.717) is 0 Å². The molecule has 0 saturated carbocycles. The standard InChI is InChI=1S/Al.Ca.H2O4S.2H2O.5H/c;;1-5(2,3)4;;;;;;;/h;;(H2,1,2,3,4);2*1H2;;;;;/q;+2;;;;;;;2*-1. The molecule has 0 atom stereocenters. The second-order valence-electron chi connectivity index (χ2n) is 0.448. The molecule has 9 heavy (non-hydrogen) atoms. The molecule has 0 radical (unpaired) electrons. The summed E-state index contributed by atoms with van der Waals surface area (Å²) in [5.41, 5.74) is 0. The van der Waals surface area contributed by atoms with Gasteiger partial charge >= 0.3 is 48.1 Å². The minimum Gasteiger partial charge on any atom is -1.00 e. The fourth-order valence-corrected chi connectivity index (χ4v) is 0. The van der Waals surface area contributed by atoms with Crippen LogP contribution in [0.15, 0.2) is 0 Å². The van der Waals surface area contributed by atoms with Crippen molar-refractivity contribution in [3.63, 3.8) is 0 Å². The van der Waals surface area contributed by atoms with Crippen molar-refractivity contribution >= 4 is 65.5 Å². The molecule has 0 unspecified atom stereocenters.